The molecule has 1 aromatic rings. The van der Waals surface area contributed by atoms with E-state index in [1.165, 1.54) is 6.07 Å². The van der Waals surface area contributed by atoms with E-state index in [-0.39, 0.29) is 34.4 Å². The minimum Gasteiger partial charge on any atom is -0.326 e. The Morgan fingerprint density at radius 2 is 2.10 bits per heavy atom. The average molecular weight is 353 g/mol. The maximum Gasteiger partial charge on any atom is 0.241 e. The highest BCUT2D eigenvalue weighted by atomic mass is 35.5. The van der Waals surface area contributed by atoms with Gasteiger partial charge in [-0.15, -0.1) is 0 Å². The number of benzene rings is 1. The van der Waals surface area contributed by atoms with Gasteiger partial charge in [-0.25, -0.2) is 21.6 Å². The zero-order valence-corrected chi connectivity index (χ0v) is 13.9. The van der Waals surface area contributed by atoms with Gasteiger partial charge in [0.05, 0.1) is 16.4 Å². The standard InChI is InChI=1S/C12H17ClN2O4S2/c1-8-9(6-14)4-10(13)5-12(8)21(18,19)15-11-2-3-20(16,17)7-11/h4-5,11,15H,2-3,6-7,14H2,1H3. The van der Waals surface area contributed by atoms with Gasteiger partial charge in [0.15, 0.2) is 9.84 Å². The summed E-state index contributed by atoms with van der Waals surface area (Å²) in [5.41, 5.74) is 6.74. The van der Waals surface area contributed by atoms with Gasteiger partial charge >= 0.3 is 0 Å². The van der Waals surface area contributed by atoms with Crippen LogP contribution < -0.4 is 10.5 Å². The van der Waals surface area contributed by atoms with Gasteiger partial charge in [0.25, 0.3) is 0 Å². The lowest BCUT2D eigenvalue weighted by atomic mass is 10.1. The summed E-state index contributed by atoms with van der Waals surface area (Å²) in [6.07, 6.45) is 0.283. The smallest absolute Gasteiger partial charge is 0.241 e. The second-order valence-corrected chi connectivity index (χ2v) is 9.46. The Bertz CT molecular complexity index is 760. The van der Waals surface area contributed by atoms with E-state index in [0.717, 1.165) is 0 Å². The molecule has 0 aromatic heterocycles. The summed E-state index contributed by atoms with van der Waals surface area (Å²) < 4.78 is 50.1. The van der Waals surface area contributed by atoms with Crippen molar-refractivity contribution in [3.05, 3.63) is 28.3 Å². The molecule has 1 heterocycles. The van der Waals surface area contributed by atoms with Crippen LogP contribution in [0.4, 0.5) is 0 Å². The molecule has 1 fully saturated rings. The van der Waals surface area contributed by atoms with Crippen LogP contribution in [0.25, 0.3) is 0 Å². The van der Waals surface area contributed by atoms with Crippen molar-refractivity contribution in [2.75, 3.05) is 11.5 Å². The molecule has 1 atom stereocenters. The highest BCUT2D eigenvalue weighted by molar-refractivity contribution is 7.92. The third-order valence-corrected chi connectivity index (χ3v) is 7.13. The molecule has 6 nitrogen and oxygen atoms in total. The summed E-state index contributed by atoms with van der Waals surface area (Å²) >= 11 is 5.93. The van der Waals surface area contributed by atoms with Crippen LogP contribution in [0.2, 0.25) is 5.02 Å². The first-order valence-corrected chi connectivity index (χ1v) is 10.0. The Morgan fingerprint density at radius 1 is 1.43 bits per heavy atom. The van der Waals surface area contributed by atoms with Crippen LogP contribution in [0.15, 0.2) is 17.0 Å². The van der Waals surface area contributed by atoms with Crippen LogP contribution in [0.3, 0.4) is 0 Å². The first-order chi connectivity index (χ1) is 9.64. The zero-order chi connectivity index (χ0) is 15.8. The summed E-state index contributed by atoms with van der Waals surface area (Å²) in [6, 6.07) is 2.37. The maximum absolute atomic E-state index is 12.4. The summed E-state index contributed by atoms with van der Waals surface area (Å²) in [5.74, 6) is -0.168. The highest BCUT2D eigenvalue weighted by Crippen LogP contribution is 2.25. The van der Waals surface area contributed by atoms with Gasteiger partial charge in [0.2, 0.25) is 10.0 Å². The minimum atomic E-state index is -3.83. The predicted octanol–water partition coefficient (Wildman–Crippen LogP) is 0.573. The molecule has 0 aliphatic carbocycles. The Morgan fingerprint density at radius 3 is 2.62 bits per heavy atom. The van der Waals surface area contributed by atoms with E-state index in [1.54, 1.807) is 13.0 Å². The number of hydrogen-bond donors (Lipinski definition) is 2. The Labute approximate surface area is 129 Å². The molecule has 1 unspecified atom stereocenters. The molecule has 1 aliphatic heterocycles. The lowest BCUT2D eigenvalue weighted by molar-refractivity contribution is 0.561. The number of sulfone groups is 1. The molecule has 0 saturated carbocycles. The Balaban J connectivity index is 2.34. The lowest BCUT2D eigenvalue weighted by Gasteiger charge is -2.15. The van der Waals surface area contributed by atoms with E-state index in [0.29, 0.717) is 11.1 Å². The van der Waals surface area contributed by atoms with Gasteiger partial charge in [0, 0.05) is 17.6 Å². The normalized spacial score (nSPS) is 21.6. The first kappa shape index (κ1) is 16.7. The van der Waals surface area contributed by atoms with Crippen molar-refractivity contribution in [1.82, 2.24) is 4.72 Å². The summed E-state index contributed by atoms with van der Waals surface area (Å²) in [6.45, 7) is 1.82. The largest absolute Gasteiger partial charge is 0.326 e. The van der Waals surface area contributed by atoms with Gasteiger partial charge in [-0.2, -0.15) is 0 Å². The van der Waals surface area contributed by atoms with Crippen molar-refractivity contribution in [2.45, 2.75) is 30.8 Å². The zero-order valence-electron chi connectivity index (χ0n) is 11.5. The van der Waals surface area contributed by atoms with Crippen LogP contribution in [0, 0.1) is 6.92 Å². The number of hydrogen-bond acceptors (Lipinski definition) is 5. The highest BCUT2D eigenvalue weighted by Gasteiger charge is 2.32. The summed E-state index contributed by atoms with van der Waals surface area (Å²) in [7, 11) is -6.99. The van der Waals surface area contributed by atoms with Crippen molar-refractivity contribution in [3.63, 3.8) is 0 Å². The van der Waals surface area contributed by atoms with Gasteiger partial charge in [-0.05, 0) is 36.6 Å². The monoisotopic (exact) mass is 352 g/mol. The summed E-state index contributed by atoms with van der Waals surface area (Å²) in [5, 5.41) is 0.278. The molecule has 118 valence electrons. The van der Waals surface area contributed by atoms with Gasteiger partial charge in [-0.1, -0.05) is 11.6 Å². The van der Waals surface area contributed by atoms with E-state index >= 15 is 0 Å². The second kappa shape index (κ2) is 5.85. The van der Waals surface area contributed by atoms with Crippen molar-refractivity contribution >= 4 is 31.5 Å². The molecule has 0 bridgehead atoms. The van der Waals surface area contributed by atoms with Crippen LogP contribution in [-0.4, -0.2) is 34.4 Å². The van der Waals surface area contributed by atoms with Crippen LogP contribution in [-0.2, 0) is 26.4 Å². The quantitative estimate of drug-likeness (QED) is 0.824. The molecular weight excluding hydrogens is 336 g/mol. The predicted molar refractivity (Wildman–Crippen MR) is 81.5 cm³/mol. The van der Waals surface area contributed by atoms with E-state index in [2.05, 4.69) is 4.72 Å². The fourth-order valence-electron chi connectivity index (χ4n) is 2.37. The molecule has 0 radical (unpaired) electrons. The second-order valence-electron chi connectivity index (χ2n) is 5.11. The topological polar surface area (TPSA) is 106 Å². The van der Waals surface area contributed by atoms with Crippen LogP contribution >= 0.6 is 11.6 Å². The molecule has 3 N–H and O–H groups in total. The molecule has 21 heavy (non-hydrogen) atoms. The SMILES string of the molecule is Cc1c(CN)cc(Cl)cc1S(=O)(=O)NC1CCS(=O)(=O)C1. The maximum atomic E-state index is 12.4. The van der Waals surface area contributed by atoms with Gasteiger partial charge in [0.1, 0.15) is 0 Å². The Hall–Kier alpha value is -0.670. The van der Waals surface area contributed by atoms with Gasteiger partial charge < -0.3 is 5.73 Å². The average Bonchev–Trinajstić information content (AvgIpc) is 2.70. The molecule has 1 aromatic carbocycles. The van der Waals surface area contributed by atoms with E-state index in [1.807, 2.05) is 0 Å². The first-order valence-electron chi connectivity index (χ1n) is 6.36. The third-order valence-electron chi connectivity index (χ3n) is 3.50. The van der Waals surface area contributed by atoms with Crippen LogP contribution in [0.5, 0.6) is 0 Å². The number of sulfonamides is 1. The van der Waals surface area contributed by atoms with Crippen molar-refractivity contribution in [2.24, 2.45) is 5.73 Å². The van der Waals surface area contributed by atoms with E-state index in [4.69, 9.17) is 17.3 Å². The molecule has 2 rings (SSSR count). The third kappa shape index (κ3) is 3.75. The molecular formula is C12H17ClN2O4S2. The number of rotatable bonds is 4. The molecule has 9 heteroatoms. The van der Waals surface area contributed by atoms with Crippen molar-refractivity contribution in [3.8, 4) is 0 Å². The van der Waals surface area contributed by atoms with E-state index in [9.17, 15) is 16.8 Å². The lowest BCUT2D eigenvalue weighted by Crippen LogP contribution is -2.36. The number of halogens is 1. The fraction of sp³-hybridized carbons (Fsp3) is 0.500. The van der Waals surface area contributed by atoms with Crippen molar-refractivity contribution < 1.29 is 16.8 Å². The molecule has 0 amide bonds. The molecule has 1 aliphatic rings. The van der Waals surface area contributed by atoms with Crippen LogP contribution in [0.1, 0.15) is 17.5 Å². The van der Waals surface area contributed by atoms with Gasteiger partial charge in [-0.3, -0.25) is 0 Å². The number of nitrogens with two attached hydrogens (primary N) is 1. The molecule has 1 saturated heterocycles. The van der Waals surface area contributed by atoms with E-state index < -0.39 is 25.9 Å². The minimum absolute atomic E-state index is 0.00274. The molecule has 0 spiro atoms. The Kier molecular flexibility index (Phi) is 4.65. The fourth-order valence-corrected chi connectivity index (χ4v) is 6.04. The number of nitrogens with one attached hydrogen (secondary N) is 1. The van der Waals surface area contributed by atoms with Crippen molar-refractivity contribution in [1.29, 1.82) is 0 Å². The summed E-state index contributed by atoms with van der Waals surface area (Å²) in [4.78, 5) is 0.0414.